The largest absolute Gasteiger partial charge is 0.504 e. The number of benzene rings is 2. The van der Waals surface area contributed by atoms with Gasteiger partial charge in [-0.25, -0.2) is 0 Å². The summed E-state index contributed by atoms with van der Waals surface area (Å²) in [4.78, 5) is 14.8. The second kappa shape index (κ2) is 11.6. The number of hydrogen-bond acceptors (Lipinski definition) is 6. The molecule has 0 aromatic heterocycles. The average molecular weight is 443 g/mol. The molecule has 0 radical (unpaired) electrons. The van der Waals surface area contributed by atoms with Gasteiger partial charge in [0.25, 0.3) is 0 Å². The fourth-order valence-corrected chi connectivity index (χ4v) is 4.22. The fourth-order valence-electron chi connectivity index (χ4n) is 4.22. The topological polar surface area (TPSA) is 80.3 Å². The summed E-state index contributed by atoms with van der Waals surface area (Å²) in [7, 11) is 4.79. The number of hydrogen-bond donors (Lipinski definition) is 2. The lowest BCUT2D eigenvalue weighted by Crippen LogP contribution is -2.35. The van der Waals surface area contributed by atoms with Crippen LogP contribution in [0.2, 0.25) is 0 Å². The van der Waals surface area contributed by atoms with E-state index in [1.54, 1.807) is 27.4 Å². The third-order valence-electron chi connectivity index (χ3n) is 6.00. The van der Waals surface area contributed by atoms with E-state index in [-0.39, 0.29) is 11.7 Å². The molecule has 0 unspecified atom stereocenters. The van der Waals surface area contributed by atoms with E-state index in [2.05, 4.69) is 10.2 Å². The molecule has 3 rings (SSSR count). The summed E-state index contributed by atoms with van der Waals surface area (Å²) in [6.07, 6.45) is 3.67. The van der Waals surface area contributed by atoms with Crippen molar-refractivity contribution < 1.29 is 24.1 Å². The minimum atomic E-state index is 0.0586. The molecule has 1 saturated heterocycles. The van der Waals surface area contributed by atoms with Crippen molar-refractivity contribution in [2.45, 2.75) is 38.8 Å². The summed E-state index contributed by atoms with van der Waals surface area (Å²) in [6.45, 7) is 3.27. The lowest BCUT2D eigenvalue weighted by atomic mass is 9.93. The van der Waals surface area contributed by atoms with Gasteiger partial charge in [-0.2, -0.15) is 0 Å². The molecule has 2 aromatic rings. The number of likely N-dealkylation sites (tertiary alicyclic amines) is 1. The highest BCUT2D eigenvalue weighted by molar-refractivity contribution is 5.75. The van der Waals surface area contributed by atoms with Crippen molar-refractivity contribution >= 4 is 5.91 Å². The van der Waals surface area contributed by atoms with Crippen LogP contribution >= 0.6 is 0 Å². The monoisotopic (exact) mass is 442 g/mol. The third-order valence-corrected chi connectivity index (χ3v) is 6.00. The number of phenolic OH excluding ortho intramolecular Hbond substituents is 1. The normalized spacial score (nSPS) is 16.4. The van der Waals surface area contributed by atoms with Gasteiger partial charge in [-0.15, -0.1) is 0 Å². The number of piperidine rings is 1. The van der Waals surface area contributed by atoms with Crippen LogP contribution in [0.4, 0.5) is 0 Å². The Balaban J connectivity index is 1.45. The first kappa shape index (κ1) is 23.7. The van der Waals surface area contributed by atoms with Crippen LogP contribution in [-0.2, 0) is 17.9 Å². The van der Waals surface area contributed by atoms with E-state index in [1.807, 2.05) is 30.3 Å². The van der Waals surface area contributed by atoms with Crippen LogP contribution in [0.15, 0.2) is 36.4 Å². The predicted molar refractivity (Wildman–Crippen MR) is 123 cm³/mol. The highest BCUT2D eigenvalue weighted by Gasteiger charge is 2.21. The van der Waals surface area contributed by atoms with E-state index >= 15 is 0 Å². The number of phenols is 1. The molecular weight excluding hydrogens is 408 g/mol. The molecule has 7 heteroatoms. The van der Waals surface area contributed by atoms with Gasteiger partial charge in [0.15, 0.2) is 11.5 Å². The van der Waals surface area contributed by atoms with Crippen LogP contribution in [0.5, 0.6) is 23.0 Å². The first-order valence-electron chi connectivity index (χ1n) is 11.1. The first-order valence-corrected chi connectivity index (χ1v) is 11.1. The number of amides is 1. The Hall–Kier alpha value is -2.93. The van der Waals surface area contributed by atoms with Crippen molar-refractivity contribution in [1.29, 1.82) is 0 Å². The van der Waals surface area contributed by atoms with Gasteiger partial charge >= 0.3 is 0 Å². The highest BCUT2D eigenvalue weighted by Crippen LogP contribution is 2.28. The van der Waals surface area contributed by atoms with Crippen molar-refractivity contribution in [2.75, 3.05) is 34.4 Å². The van der Waals surface area contributed by atoms with Gasteiger partial charge in [0, 0.05) is 37.7 Å². The number of rotatable bonds is 10. The Morgan fingerprint density at radius 1 is 1.09 bits per heavy atom. The van der Waals surface area contributed by atoms with Gasteiger partial charge in [0.1, 0.15) is 11.5 Å². The fraction of sp³-hybridized carbons (Fsp3) is 0.480. The van der Waals surface area contributed by atoms with Crippen molar-refractivity contribution in [2.24, 2.45) is 5.92 Å². The maximum atomic E-state index is 12.4. The standard InChI is InChI=1S/C25H34N2O5/c1-30-21-9-8-20(23(14-21)31-2)15-26-25(29)11-7-18-5-4-12-27(16-18)17-19-6-10-22(28)24(13-19)32-3/h6,8-10,13-14,18,28H,4-5,7,11-12,15-17H2,1-3H3,(H,26,29)/t18-/m0/s1. The van der Waals surface area contributed by atoms with Gasteiger partial charge < -0.3 is 24.6 Å². The molecule has 0 spiro atoms. The maximum absolute atomic E-state index is 12.4. The first-order chi connectivity index (χ1) is 15.5. The second-order valence-electron chi connectivity index (χ2n) is 8.24. The van der Waals surface area contributed by atoms with Crippen molar-refractivity contribution in [1.82, 2.24) is 10.2 Å². The summed E-state index contributed by atoms with van der Waals surface area (Å²) >= 11 is 0. The number of nitrogens with zero attached hydrogens (tertiary/aromatic N) is 1. The van der Waals surface area contributed by atoms with E-state index in [1.165, 1.54) is 0 Å². The summed E-state index contributed by atoms with van der Waals surface area (Å²) in [5.74, 6) is 2.66. The van der Waals surface area contributed by atoms with Crippen LogP contribution in [-0.4, -0.2) is 50.3 Å². The molecule has 7 nitrogen and oxygen atoms in total. The van der Waals surface area contributed by atoms with E-state index in [9.17, 15) is 9.90 Å². The zero-order chi connectivity index (χ0) is 22.9. The predicted octanol–water partition coefficient (Wildman–Crippen LogP) is 3.73. The van der Waals surface area contributed by atoms with Crippen molar-refractivity contribution in [3.05, 3.63) is 47.5 Å². The van der Waals surface area contributed by atoms with Gasteiger partial charge in [-0.3, -0.25) is 9.69 Å². The molecule has 2 N–H and O–H groups in total. The number of ether oxygens (including phenoxy) is 3. The molecule has 1 atom stereocenters. The smallest absolute Gasteiger partial charge is 0.220 e. The molecule has 1 aliphatic rings. The Kier molecular flexibility index (Phi) is 8.62. The van der Waals surface area contributed by atoms with Crippen molar-refractivity contribution in [3.8, 4) is 23.0 Å². The van der Waals surface area contributed by atoms with E-state index in [4.69, 9.17) is 14.2 Å². The van der Waals surface area contributed by atoms with Gasteiger partial charge in [0.2, 0.25) is 5.91 Å². The van der Waals surface area contributed by atoms with Gasteiger partial charge in [-0.05, 0) is 61.6 Å². The third kappa shape index (κ3) is 6.53. The lowest BCUT2D eigenvalue weighted by molar-refractivity contribution is -0.121. The summed E-state index contributed by atoms with van der Waals surface area (Å²) in [5.41, 5.74) is 2.04. The van der Waals surface area contributed by atoms with Gasteiger partial charge in [-0.1, -0.05) is 6.07 Å². The number of carbonyl (C=O) groups is 1. The molecule has 1 heterocycles. The number of nitrogens with one attached hydrogen (secondary N) is 1. The van der Waals surface area contributed by atoms with Crippen LogP contribution in [0, 0.1) is 5.92 Å². The van der Waals surface area contributed by atoms with Crippen LogP contribution in [0.25, 0.3) is 0 Å². The minimum Gasteiger partial charge on any atom is -0.504 e. The SMILES string of the molecule is COc1ccc(CNC(=O)CC[C@@H]2CCCN(Cc3ccc(O)c(OC)c3)C2)c(OC)c1. The van der Waals surface area contributed by atoms with Crippen LogP contribution in [0.3, 0.4) is 0 Å². The Morgan fingerprint density at radius 3 is 2.66 bits per heavy atom. The molecule has 2 aromatic carbocycles. The quantitative estimate of drug-likeness (QED) is 0.584. The molecule has 0 aliphatic carbocycles. The molecule has 1 aliphatic heterocycles. The lowest BCUT2D eigenvalue weighted by Gasteiger charge is -2.32. The molecule has 0 saturated carbocycles. The maximum Gasteiger partial charge on any atom is 0.220 e. The summed E-state index contributed by atoms with van der Waals surface area (Å²) in [5, 5.41) is 12.8. The molecule has 1 amide bonds. The van der Waals surface area contributed by atoms with E-state index in [0.29, 0.717) is 30.4 Å². The average Bonchev–Trinajstić information content (AvgIpc) is 2.82. The molecule has 1 fully saturated rings. The van der Waals surface area contributed by atoms with Crippen LogP contribution < -0.4 is 19.5 Å². The van der Waals surface area contributed by atoms with E-state index in [0.717, 1.165) is 55.8 Å². The minimum absolute atomic E-state index is 0.0586. The zero-order valence-electron chi connectivity index (χ0n) is 19.2. The number of aromatic hydroxyl groups is 1. The van der Waals surface area contributed by atoms with E-state index < -0.39 is 0 Å². The Labute approximate surface area is 190 Å². The number of carbonyl (C=O) groups excluding carboxylic acids is 1. The number of methoxy groups -OCH3 is 3. The van der Waals surface area contributed by atoms with Crippen molar-refractivity contribution in [3.63, 3.8) is 0 Å². The summed E-state index contributed by atoms with van der Waals surface area (Å²) in [6, 6.07) is 11.1. The summed E-state index contributed by atoms with van der Waals surface area (Å²) < 4.78 is 15.8. The van der Waals surface area contributed by atoms with Gasteiger partial charge in [0.05, 0.1) is 21.3 Å². The highest BCUT2D eigenvalue weighted by atomic mass is 16.5. The molecule has 32 heavy (non-hydrogen) atoms. The Bertz CT molecular complexity index is 902. The van der Waals surface area contributed by atoms with Crippen LogP contribution in [0.1, 0.15) is 36.8 Å². The Morgan fingerprint density at radius 2 is 1.91 bits per heavy atom. The second-order valence-corrected chi connectivity index (χ2v) is 8.24. The molecular formula is C25H34N2O5. The molecule has 0 bridgehead atoms. The molecule has 174 valence electrons. The zero-order valence-corrected chi connectivity index (χ0v) is 19.2.